The lowest BCUT2D eigenvalue weighted by Crippen LogP contribution is -1.98. The first kappa shape index (κ1) is 30.6. The van der Waals surface area contributed by atoms with Crippen LogP contribution in [0.3, 0.4) is 0 Å². The van der Waals surface area contributed by atoms with Gasteiger partial charge in [0.25, 0.3) is 0 Å². The number of hydrogen-bond donors (Lipinski definition) is 0. The molecule has 2 nitrogen and oxygen atoms in total. The standard InChI is InChI=1S/C51H32N2/c52-33-38-32-37(30-31-47(38)53-48-24-12-10-17-40(48)41-18-11-13-25-49(41)53)34-26-28-35(29-27-34)39-16-4-5-19-42(39)51-45-22-8-6-20-43(45)50(36-14-2-1-3-15-36)44-21-7-9-23-46(44)51/h1-32H. The van der Waals surface area contributed by atoms with Crippen LogP contribution in [0.2, 0.25) is 0 Å². The second-order valence-corrected chi connectivity index (χ2v) is 13.5. The smallest absolute Gasteiger partial charge is 0.101 e. The Labute approximate surface area is 308 Å². The predicted molar refractivity (Wildman–Crippen MR) is 222 cm³/mol. The van der Waals surface area contributed by atoms with E-state index in [4.69, 9.17) is 0 Å². The normalized spacial score (nSPS) is 11.4. The first-order valence-electron chi connectivity index (χ1n) is 18.0. The molecule has 0 aliphatic carbocycles. The van der Waals surface area contributed by atoms with Crippen molar-refractivity contribution in [3.8, 4) is 56.3 Å². The van der Waals surface area contributed by atoms with Crippen molar-refractivity contribution in [2.45, 2.75) is 0 Å². The van der Waals surface area contributed by atoms with Crippen LogP contribution in [0.1, 0.15) is 5.56 Å². The van der Waals surface area contributed by atoms with Crippen molar-refractivity contribution in [3.05, 3.63) is 200 Å². The second-order valence-electron chi connectivity index (χ2n) is 13.5. The number of fused-ring (bicyclic) bond motifs is 5. The summed E-state index contributed by atoms with van der Waals surface area (Å²) in [5.41, 5.74) is 13.1. The van der Waals surface area contributed by atoms with Crippen LogP contribution in [0.4, 0.5) is 0 Å². The van der Waals surface area contributed by atoms with Gasteiger partial charge in [-0.1, -0.05) is 170 Å². The van der Waals surface area contributed by atoms with E-state index in [-0.39, 0.29) is 0 Å². The van der Waals surface area contributed by atoms with Crippen molar-refractivity contribution in [1.29, 1.82) is 5.26 Å². The highest BCUT2D eigenvalue weighted by molar-refractivity contribution is 6.22. The van der Waals surface area contributed by atoms with E-state index < -0.39 is 0 Å². The molecule has 9 aromatic carbocycles. The first-order chi connectivity index (χ1) is 26.3. The highest BCUT2D eigenvalue weighted by atomic mass is 15.0. The molecule has 0 saturated carbocycles. The molecular formula is C51H32N2. The lowest BCUT2D eigenvalue weighted by atomic mass is 9.84. The number of nitriles is 1. The molecule has 1 heterocycles. The fraction of sp³-hybridized carbons (Fsp3) is 0. The predicted octanol–water partition coefficient (Wildman–Crippen LogP) is 13.6. The Kier molecular flexibility index (Phi) is 7.23. The van der Waals surface area contributed by atoms with Gasteiger partial charge >= 0.3 is 0 Å². The van der Waals surface area contributed by atoms with E-state index in [0.717, 1.165) is 33.4 Å². The average Bonchev–Trinajstić information content (AvgIpc) is 3.57. The molecule has 0 atom stereocenters. The monoisotopic (exact) mass is 672 g/mol. The highest BCUT2D eigenvalue weighted by Gasteiger charge is 2.19. The molecule has 0 radical (unpaired) electrons. The molecule has 0 amide bonds. The fourth-order valence-corrected chi connectivity index (χ4v) is 8.31. The molecule has 0 fully saturated rings. The van der Waals surface area contributed by atoms with E-state index in [9.17, 15) is 5.26 Å². The summed E-state index contributed by atoms with van der Waals surface area (Å²) in [6, 6.07) is 71.5. The third kappa shape index (κ3) is 4.94. The van der Waals surface area contributed by atoms with Gasteiger partial charge < -0.3 is 4.57 Å². The summed E-state index contributed by atoms with van der Waals surface area (Å²) in [6.45, 7) is 0. The van der Waals surface area contributed by atoms with Gasteiger partial charge in [0.15, 0.2) is 0 Å². The Morgan fingerprint density at radius 2 is 0.792 bits per heavy atom. The van der Waals surface area contributed by atoms with Crippen molar-refractivity contribution in [2.24, 2.45) is 0 Å². The minimum Gasteiger partial charge on any atom is -0.308 e. The van der Waals surface area contributed by atoms with Gasteiger partial charge in [-0.2, -0.15) is 5.26 Å². The van der Waals surface area contributed by atoms with Crippen LogP contribution in [0.15, 0.2) is 194 Å². The molecule has 53 heavy (non-hydrogen) atoms. The van der Waals surface area contributed by atoms with E-state index in [0.29, 0.717) is 5.56 Å². The minimum absolute atomic E-state index is 0.640. The lowest BCUT2D eigenvalue weighted by Gasteiger charge is -2.19. The van der Waals surface area contributed by atoms with Crippen LogP contribution >= 0.6 is 0 Å². The molecule has 0 spiro atoms. The van der Waals surface area contributed by atoms with E-state index in [1.54, 1.807) is 0 Å². The van der Waals surface area contributed by atoms with Gasteiger partial charge in [0.05, 0.1) is 22.3 Å². The molecule has 0 saturated heterocycles. The van der Waals surface area contributed by atoms with E-state index in [2.05, 4.69) is 199 Å². The molecule has 246 valence electrons. The second kappa shape index (κ2) is 12.5. The molecule has 10 rings (SSSR count). The third-order valence-corrected chi connectivity index (χ3v) is 10.7. The van der Waals surface area contributed by atoms with Crippen molar-refractivity contribution in [2.75, 3.05) is 0 Å². The summed E-state index contributed by atoms with van der Waals surface area (Å²) in [4.78, 5) is 0. The zero-order valence-electron chi connectivity index (χ0n) is 28.9. The van der Waals surface area contributed by atoms with E-state index >= 15 is 0 Å². The number of rotatable bonds is 5. The van der Waals surface area contributed by atoms with Gasteiger partial charge in [-0.05, 0) is 90.3 Å². The van der Waals surface area contributed by atoms with Crippen LogP contribution in [0.5, 0.6) is 0 Å². The molecule has 10 aromatic rings. The fourth-order valence-electron chi connectivity index (χ4n) is 8.31. The van der Waals surface area contributed by atoms with Crippen molar-refractivity contribution in [3.63, 3.8) is 0 Å². The highest BCUT2D eigenvalue weighted by Crippen LogP contribution is 2.46. The van der Waals surface area contributed by atoms with Gasteiger partial charge in [-0.25, -0.2) is 0 Å². The molecule has 0 unspecified atom stereocenters. The van der Waals surface area contributed by atoms with Gasteiger partial charge in [-0.3, -0.25) is 0 Å². The van der Waals surface area contributed by atoms with Gasteiger partial charge in [0.1, 0.15) is 6.07 Å². The Morgan fingerprint density at radius 3 is 1.38 bits per heavy atom. The maximum Gasteiger partial charge on any atom is 0.101 e. The quantitative estimate of drug-likeness (QED) is 0.167. The Morgan fingerprint density at radius 1 is 0.340 bits per heavy atom. The van der Waals surface area contributed by atoms with Gasteiger partial charge in [0.2, 0.25) is 0 Å². The summed E-state index contributed by atoms with van der Waals surface area (Å²) in [6.07, 6.45) is 0. The summed E-state index contributed by atoms with van der Waals surface area (Å²) >= 11 is 0. The van der Waals surface area contributed by atoms with E-state index in [1.165, 1.54) is 60.1 Å². The number of aromatic nitrogens is 1. The zero-order valence-corrected chi connectivity index (χ0v) is 28.9. The Hall–Kier alpha value is -7.21. The maximum absolute atomic E-state index is 10.4. The summed E-state index contributed by atoms with van der Waals surface area (Å²) < 4.78 is 2.22. The summed E-state index contributed by atoms with van der Waals surface area (Å²) in [5, 5.41) is 17.8. The van der Waals surface area contributed by atoms with Crippen LogP contribution in [0.25, 0.3) is 93.5 Å². The average molecular weight is 673 g/mol. The number of nitrogens with zero attached hydrogens (tertiary/aromatic N) is 2. The van der Waals surface area contributed by atoms with Gasteiger partial charge in [0, 0.05) is 10.8 Å². The topological polar surface area (TPSA) is 28.7 Å². The zero-order chi connectivity index (χ0) is 35.3. The molecule has 0 bridgehead atoms. The summed E-state index contributed by atoms with van der Waals surface area (Å²) in [7, 11) is 0. The summed E-state index contributed by atoms with van der Waals surface area (Å²) in [5.74, 6) is 0. The number of para-hydroxylation sites is 2. The number of hydrogen-bond acceptors (Lipinski definition) is 1. The minimum atomic E-state index is 0.640. The van der Waals surface area contributed by atoms with E-state index in [1.807, 2.05) is 6.07 Å². The van der Waals surface area contributed by atoms with Crippen LogP contribution in [-0.4, -0.2) is 4.57 Å². The SMILES string of the molecule is N#Cc1cc(-c2ccc(-c3ccccc3-c3c4ccccc4c(-c4ccccc4)c4ccccc34)cc2)ccc1-n1c2ccccc2c2ccccc21. The lowest BCUT2D eigenvalue weighted by molar-refractivity contribution is 1.17. The molecule has 2 heteroatoms. The third-order valence-electron chi connectivity index (χ3n) is 10.7. The molecule has 0 N–H and O–H groups in total. The number of benzene rings is 9. The molecular weight excluding hydrogens is 641 g/mol. The molecule has 0 aliphatic heterocycles. The Bertz CT molecular complexity index is 2940. The van der Waals surface area contributed by atoms with Crippen LogP contribution in [0, 0.1) is 11.3 Å². The molecule has 1 aromatic heterocycles. The van der Waals surface area contributed by atoms with Crippen molar-refractivity contribution in [1.82, 2.24) is 4.57 Å². The van der Waals surface area contributed by atoms with Crippen LogP contribution in [-0.2, 0) is 0 Å². The Balaban J connectivity index is 1.08. The molecule has 0 aliphatic rings. The van der Waals surface area contributed by atoms with Crippen molar-refractivity contribution < 1.29 is 0 Å². The largest absolute Gasteiger partial charge is 0.308 e. The van der Waals surface area contributed by atoms with Crippen molar-refractivity contribution >= 4 is 43.4 Å². The first-order valence-corrected chi connectivity index (χ1v) is 18.0. The van der Waals surface area contributed by atoms with Gasteiger partial charge in [-0.15, -0.1) is 0 Å². The van der Waals surface area contributed by atoms with Crippen LogP contribution < -0.4 is 0 Å². The maximum atomic E-state index is 10.4.